The van der Waals surface area contributed by atoms with Gasteiger partial charge in [0.15, 0.2) is 0 Å². The Labute approximate surface area is 184 Å². The third-order valence-corrected chi connectivity index (χ3v) is 12.2. The van der Waals surface area contributed by atoms with Crippen LogP contribution in [0.1, 0.15) is 67.2 Å². The van der Waals surface area contributed by atoms with Gasteiger partial charge in [-0.15, -0.1) is 0 Å². The average Bonchev–Trinajstić information content (AvgIpc) is 2.71. The first-order valence-electron chi connectivity index (χ1n) is 11.2. The lowest BCUT2D eigenvalue weighted by Gasteiger charge is -2.44. The minimum atomic E-state index is -2.42. The number of unbranched alkanes of at least 4 members (excludes halogenated alkanes) is 1. The maximum absolute atomic E-state index is 7.18. The standard InChI is InChI=1S/C26H40OSSi/c1-7-8-21-28-23(3)20-19-22(2)27-29(26(4,5)6,24-15-11-9-12-16-24)25-17-13-10-14-18-25/h9-18,22-23H,7-8,19-21H2,1-6H3/t22-,23+/m1/s1. The van der Waals surface area contributed by atoms with Gasteiger partial charge >= 0.3 is 0 Å². The molecule has 0 aromatic heterocycles. The molecule has 0 aliphatic heterocycles. The molecule has 0 aliphatic carbocycles. The molecule has 0 heterocycles. The Morgan fingerprint density at radius 3 is 1.83 bits per heavy atom. The van der Waals surface area contributed by atoms with Crippen molar-refractivity contribution in [3.8, 4) is 0 Å². The third-order valence-electron chi connectivity index (χ3n) is 5.67. The monoisotopic (exact) mass is 428 g/mol. The fraction of sp³-hybridized carbons (Fsp3) is 0.538. The summed E-state index contributed by atoms with van der Waals surface area (Å²) in [5.74, 6) is 1.28. The molecule has 2 aromatic carbocycles. The fourth-order valence-electron chi connectivity index (χ4n) is 4.03. The van der Waals surface area contributed by atoms with Crippen LogP contribution >= 0.6 is 11.8 Å². The van der Waals surface area contributed by atoms with E-state index in [2.05, 4.69) is 114 Å². The maximum atomic E-state index is 7.18. The lowest BCUT2D eigenvalue weighted by Crippen LogP contribution is -2.67. The number of thioether (sulfide) groups is 1. The Balaban J connectivity index is 2.27. The quantitative estimate of drug-likeness (QED) is 0.292. The molecular weight excluding hydrogens is 388 g/mol. The molecule has 0 bridgehead atoms. The van der Waals surface area contributed by atoms with Gasteiger partial charge in [-0.1, -0.05) is 102 Å². The number of rotatable bonds is 11. The van der Waals surface area contributed by atoms with E-state index >= 15 is 0 Å². The summed E-state index contributed by atoms with van der Waals surface area (Å²) in [6.45, 7) is 14.0. The molecule has 0 fully saturated rings. The van der Waals surface area contributed by atoms with Crippen molar-refractivity contribution >= 4 is 30.5 Å². The van der Waals surface area contributed by atoms with Crippen LogP contribution in [0.15, 0.2) is 60.7 Å². The zero-order valence-electron chi connectivity index (χ0n) is 19.3. The van der Waals surface area contributed by atoms with Crippen LogP contribution in [-0.4, -0.2) is 25.4 Å². The highest BCUT2D eigenvalue weighted by Gasteiger charge is 2.50. The summed E-state index contributed by atoms with van der Waals surface area (Å²) in [7, 11) is -2.42. The Bertz CT molecular complexity index is 656. The molecule has 2 aromatic rings. The van der Waals surface area contributed by atoms with Crippen LogP contribution in [0.5, 0.6) is 0 Å². The Kier molecular flexibility index (Phi) is 9.51. The van der Waals surface area contributed by atoms with E-state index in [1.165, 1.54) is 35.4 Å². The Morgan fingerprint density at radius 2 is 1.38 bits per heavy atom. The highest BCUT2D eigenvalue weighted by molar-refractivity contribution is 7.99. The smallest absolute Gasteiger partial charge is 0.261 e. The van der Waals surface area contributed by atoms with Gasteiger partial charge in [0, 0.05) is 11.4 Å². The van der Waals surface area contributed by atoms with Crippen molar-refractivity contribution in [1.82, 2.24) is 0 Å². The molecule has 0 N–H and O–H groups in total. The fourth-order valence-corrected chi connectivity index (χ4v) is 9.93. The second-order valence-corrected chi connectivity index (χ2v) is 15.0. The van der Waals surface area contributed by atoms with Crippen molar-refractivity contribution in [3.63, 3.8) is 0 Å². The predicted molar refractivity (Wildman–Crippen MR) is 134 cm³/mol. The number of hydrogen-bond acceptors (Lipinski definition) is 2. The molecule has 0 unspecified atom stereocenters. The molecular formula is C26H40OSSi. The van der Waals surface area contributed by atoms with Gasteiger partial charge in [-0.05, 0) is 47.4 Å². The molecule has 0 saturated heterocycles. The van der Waals surface area contributed by atoms with E-state index in [9.17, 15) is 0 Å². The minimum absolute atomic E-state index is 0.0471. The van der Waals surface area contributed by atoms with E-state index in [4.69, 9.17) is 4.43 Å². The largest absolute Gasteiger partial charge is 0.405 e. The van der Waals surface area contributed by atoms with E-state index in [0.29, 0.717) is 5.25 Å². The third kappa shape index (κ3) is 6.47. The normalized spacial score (nSPS) is 14.6. The number of benzene rings is 2. The van der Waals surface area contributed by atoms with Crippen LogP contribution < -0.4 is 10.4 Å². The van der Waals surface area contributed by atoms with Crippen LogP contribution in [0.3, 0.4) is 0 Å². The highest BCUT2D eigenvalue weighted by Crippen LogP contribution is 2.38. The van der Waals surface area contributed by atoms with Crippen LogP contribution in [0.25, 0.3) is 0 Å². The zero-order valence-corrected chi connectivity index (χ0v) is 21.1. The Hall–Kier alpha value is -1.03. The molecule has 2 rings (SSSR count). The Morgan fingerprint density at radius 1 is 0.862 bits per heavy atom. The van der Waals surface area contributed by atoms with E-state index < -0.39 is 8.32 Å². The first-order chi connectivity index (χ1) is 13.8. The van der Waals surface area contributed by atoms with E-state index in [1.807, 2.05) is 0 Å². The van der Waals surface area contributed by atoms with Gasteiger partial charge in [-0.3, -0.25) is 0 Å². The maximum Gasteiger partial charge on any atom is 0.261 e. The predicted octanol–water partition coefficient (Wildman–Crippen LogP) is 6.65. The zero-order chi connectivity index (χ0) is 21.3. The minimum Gasteiger partial charge on any atom is -0.405 e. The summed E-state index contributed by atoms with van der Waals surface area (Å²) in [6, 6.07) is 22.0. The van der Waals surface area contributed by atoms with Crippen molar-refractivity contribution in [2.75, 3.05) is 5.75 Å². The van der Waals surface area contributed by atoms with Gasteiger partial charge in [0.05, 0.1) is 0 Å². The van der Waals surface area contributed by atoms with Crippen LogP contribution in [0.4, 0.5) is 0 Å². The molecule has 1 nitrogen and oxygen atoms in total. The summed E-state index contributed by atoms with van der Waals surface area (Å²) >= 11 is 2.12. The van der Waals surface area contributed by atoms with Gasteiger partial charge < -0.3 is 4.43 Å². The molecule has 0 radical (unpaired) electrons. The molecule has 29 heavy (non-hydrogen) atoms. The topological polar surface area (TPSA) is 9.23 Å². The highest BCUT2D eigenvalue weighted by atomic mass is 32.2. The van der Waals surface area contributed by atoms with Crippen molar-refractivity contribution < 1.29 is 4.43 Å². The van der Waals surface area contributed by atoms with Crippen molar-refractivity contribution in [1.29, 1.82) is 0 Å². The number of hydrogen-bond donors (Lipinski definition) is 0. The molecule has 0 saturated carbocycles. The summed E-state index contributed by atoms with van der Waals surface area (Å²) in [4.78, 5) is 0. The van der Waals surface area contributed by atoms with Gasteiger partial charge in [-0.2, -0.15) is 11.8 Å². The average molecular weight is 429 g/mol. The van der Waals surface area contributed by atoms with Gasteiger partial charge in [0.25, 0.3) is 8.32 Å². The molecule has 0 spiro atoms. The molecule has 3 heteroatoms. The van der Waals surface area contributed by atoms with Crippen molar-refractivity contribution in [3.05, 3.63) is 60.7 Å². The van der Waals surface area contributed by atoms with Gasteiger partial charge in [-0.25, -0.2) is 0 Å². The van der Waals surface area contributed by atoms with E-state index in [1.54, 1.807) is 0 Å². The summed E-state index contributed by atoms with van der Waals surface area (Å²) in [5, 5.41) is 3.49. The lowest BCUT2D eigenvalue weighted by atomic mass is 10.2. The van der Waals surface area contributed by atoms with Crippen LogP contribution in [-0.2, 0) is 4.43 Å². The second kappa shape index (κ2) is 11.4. The summed E-state index contributed by atoms with van der Waals surface area (Å²) in [6.07, 6.45) is 5.19. The van der Waals surface area contributed by atoms with Gasteiger partial charge in [0.1, 0.15) is 0 Å². The van der Waals surface area contributed by atoms with Crippen molar-refractivity contribution in [2.45, 2.75) is 83.6 Å². The molecule has 160 valence electrons. The van der Waals surface area contributed by atoms with Crippen molar-refractivity contribution in [2.24, 2.45) is 0 Å². The second-order valence-electron chi connectivity index (χ2n) is 9.20. The summed E-state index contributed by atoms with van der Waals surface area (Å²) < 4.78 is 7.18. The first-order valence-corrected chi connectivity index (χ1v) is 14.2. The first kappa shape index (κ1) is 24.2. The molecule has 0 amide bonds. The van der Waals surface area contributed by atoms with Crippen LogP contribution in [0.2, 0.25) is 5.04 Å². The molecule has 2 atom stereocenters. The lowest BCUT2D eigenvalue weighted by molar-refractivity contribution is 0.193. The summed E-state index contributed by atoms with van der Waals surface area (Å²) in [5.41, 5.74) is 0. The molecule has 0 aliphatic rings. The van der Waals surface area contributed by atoms with E-state index in [-0.39, 0.29) is 11.1 Å². The SMILES string of the molecule is CCCCS[C@@H](C)CC[C@@H](C)O[Si](c1ccccc1)(c1ccccc1)C(C)(C)C. The van der Waals surface area contributed by atoms with Crippen LogP contribution in [0, 0.1) is 0 Å². The van der Waals surface area contributed by atoms with Gasteiger partial charge in [0.2, 0.25) is 0 Å². The van der Waals surface area contributed by atoms with E-state index in [0.717, 1.165) is 6.42 Å².